The van der Waals surface area contributed by atoms with Gasteiger partial charge in [-0.15, -0.1) is 0 Å². The van der Waals surface area contributed by atoms with E-state index >= 15 is 0 Å². The van der Waals surface area contributed by atoms with Gasteiger partial charge in [-0.2, -0.15) is 0 Å². The van der Waals surface area contributed by atoms with E-state index in [1.54, 1.807) is 36.4 Å². The number of nitrogens with two attached hydrogens (primary N) is 1. The zero-order valence-corrected chi connectivity index (χ0v) is 10.9. The Labute approximate surface area is 110 Å². The van der Waals surface area contributed by atoms with Gasteiger partial charge in [0, 0.05) is 9.79 Å². The summed E-state index contributed by atoms with van der Waals surface area (Å²) in [5.74, 6) is 0.212. The molecule has 94 valence electrons. The predicted octanol–water partition coefficient (Wildman–Crippen LogP) is 2.19. The van der Waals surface area contributed by atoms with E-state index in [1.165, 1.54) is 23.9 Å². The van der Waals surface area contributed by atoms with Gasteiger partial charge in [0.15, 0.2) is 0 Å². The second-order valence-electron chi connectivity index (χ2n) is 3.61. The van der Waals surface area contributed by atoms with E-state index in [0.29, 0.717) is 0 Å². The van der Waals surface area contributed by atoms with Gasteiger partial charge in [-0.1, -0.05) is 11.8 Å². The third kappa shape index (κ3) is 3.25. The van der Waals surface area contributed by atoms with Crippen LogP contribution in [0.5, 0.6) is 5.75 Å². The maximum atomic E-state index is 11.1. The summed E-state index contributed by atoms with van der Waals surface area (Å²) >= 11 is 1.47. The average molecular weight is 281 g/mol. The number of benzene rings is 2. The van der Waals surface area contributed by atoms with Gasteiger partial charge in [0.05, 0.1) is 4.90 Å². The summed E-state index contributed by atoms with van der Waals surface area (Å²) in [6.45, 7) is 0. The van der Waals surface area contributed by atoms with Crippen LogP contribution in [0.1, 0.15) is 0 Å². The van der Waals surface area contributed by atoms with Gasteiger partial charge in [0.1, 0.15) is 5.75 Å². The Hall–Kier alpha value is -1.50. The predicted molar refractivity (Wildman–Crippen MR) is 70.0 cm³/mol. The van der Waals surface area contributed by atoms with Crippen molar-refractivity contribution in [2.45, 2.75) is 14.7 Å². The third-order valence-corrected chi connectivity index (χ3v) is 4.17. The molecule has 2 aromatic carbocycles. The lowest BCUT2D eigenvalue weighted by molar-refractivity contribution is 0.475. The number of primary sulfonamides is 1. The molecule has 0 bridgehead atoms. The van der Waals surface area contributed by atoms with Crippen LogP contribution in [0, 0.1) is 0 Å². The Kier molecular flexibility index (Phi) is 3.60. The minimum Gasteiger partial charge on any atom is -0.508 e. The molecule has 18 heavy (non-hydrogen) atoms. The summed E-state index contributed by atoms with van der Waals surface area (Å²) in [5.41, 5.74) is 0. The molecule has 0 fully saturated rings. The summed E-state index contributed by atoms with van der Waals surface area (Å²) in [7, 11) is -3.64. The molecular formula is C12H11NO3S2. The molecule has 0 radical (unpaired) electrons. The molecule has 0 atom stereocenters. The Morgan fingerprint density at radius 2 is 1.33 bits per heavy atom. The standard InChI is InChI=1S/C12H11NO3S2/c13-18(15,16)12-7-5-11(6-8-12)17-10-3-1-9(14)2-4-10/h1-8,14H,(H2,13,15,16). The Bertz CT molecular complexity index is 634. The van der Waals surface area contributed by atoms with Crippen molar-refractivity contribution in [1.82, 2.24) is 0 Å². The number of rotatable bonds is 3. The molecule has 2 aromatic rings. The molecular weight excluding hydrogens is 270 g/mol. The maximum absolute atomic E-state index is 11.1. The first-order valence-corrected chi connectivity index (χ1v) is 7.41. The van der Waals surface area contributed by atoms with Crippen molar-refractivity contribution in [1.29, 1.82) is 0 Å². The number of phenols is 1. The molecule has 0 aliphatic carbocycles. The van der Waals surface area contributed by atoms with Crippen molar-refractivity contribution in [3.8, 4) is 5.75 Å². The molecule has 0 amide bonds. The molecule has 0 saturated heterocycles. The van der Waals surface area contributed by atoms with Crippen LogP contribution in [0.25, 0.3) is 0 Å². The first-order chi connectivity index (χ1) is 8.45. The molecule has 0 heterocycles. The van der Waals surface area contributed by atoms with Gasteiger partial charge in [0.2, 0.25) is 10.0 Å². The molecule has 2 rings (SSSR count). The number of hydrogen-bond donors (Lipinski definition) is 2. The Balaban J connectivity index is 2.18. The molecule has 6 heteroatoms. The van der Waals surface area contributed by atoms with Crippen molar-refractivity contribution in [3.05, 3.63) is 48.5 Å². The highest BCUT2D eigenvalue weighted by Crippen LogP contribution is 2.29. The van der Waals surface area contributed by atoms with Crippen LogP contribution in [0.4, 0.5) is 0 Å². The van der Waals surface area contributed by atoms with Crippen molar-refractivity contribution in [2.24, 2.45) is 5.14 Å². The van der Waals surface area contributed by atoms with Crippen LogP contribution in [-0.4, -0.2) is 13.5 Å². The van der Waals surface area contributed by atoms with Crippen LogP contribution >= 0.6 is 11.8 Å². The molecule has 0 aliphatic heterocycles. The van der Waals surface area contributed by atoms with Gasteiger partial charge >= 0.3 is 0 Å². The average Bonchev–Trinajstić information content (AvgIpc) is 2.32. The van der Waals surface area contributed by atoms with E-state index in [9.17, 15) is 8.42 Å². The molecule has 0 aliphatic rings. The van der Waals surface area contributed by atoms with E-state index in [4.69, 9.17) is 10.2 Å². The van der Waals surface area contributed by atoms with Crippen molar-refractivity contribution < 1.29 is 13.5 Å². The highest BCUT2D eigenvalue weighted by Gasteiger charge is 2.07. The fourth-order valence-electron chi connectivity index (χ4n) is 1.35. The van der Waals surface area contributed by atoms with E-state index in [2.05, 4.69) is 0 Å². The lowest BCUT2D eigenvalue weighted by Gasteiger charge is -2.03. The summed E-state index contributed by atoms with van der Waals surface area (Å²) in [6.07, 6.45) is 0. The van der Waals surface area contributed by atoms with E-state index < -0.39 is 10.0 Å². The largest absolute Gasteiger partial charge is 0.508 e. The Morgan fingerprint density at radius 1 is 0.889 bits per heavy atom. The van der Waals surface area contributed by atoms with Crippen LogP contribution in [-0.2, 0) is 10.0 Å². The van der Waals surface area contributed by atoms with Gasteiger partial charge in [-0.05, 0) is 48.5 Å². The summed E-state index contributed by atoms with van der Waals surface area (Å²) in [4.78, 5) is 1.95. The molecule has 3 N–H and O–H groups in total. The van der Waals surface area contributed by atoms with Crippen LogP contribution in [0.2, 0.25) is 0 Å². The van der Waals surface area contributed by atoms with Crippen molar-refractivity contribution >= 4 is 21.8 Å². The first-order valence-electron chi connectivity index (χ1n) is 5.05. The minimum absolute atomic E-state index is 0.0950. The fraction of sp³-hybridized carbons (Fsp3) is 0. The summed E-state index contributed by atoms with van der Waals surface area (Å²) in [6, 6.07) is 13.1. The van der Waals surface area contributed by atoms with Crippen LogP contribution in [0.15, 0.2) is 63.2 Å². The number of aromatic hydroxyl groups is 1. The number of sulfonamides is 1. The normalized spacial score (nSPS) is 11.4. The molecule has 0 spiro atoms. The monoisotopic (exact) mass is 281 g/mol. The Morgan fingerprint density at radius 3 is 1.78 bits per heavy atom. The highest BCUT2D eigenvalue weighted by atomic mass is 32.2. The second-order valence-corrected chi connectivity index (χ2v) is 6.32. The fourth-order valence-corrected chi connectivity index (χ4v) is 2.68. The zero-order valence-electron chi connectivity index (χ0n) is 9.28. The SMILES string of the molecule is NS(=O)(=O)c1ccc(Sc2ccc(O)cc2)cc1. The minimum atomic E-state index is -3.64. The molecule has 4 nitrogen and oxygen atoms in total. The summed E-state index contributed by atoms with van der Waals surface area (Å²) < 4.78 is 22.2. The maximum Gasteiger partial charge on any atom is 0.238 e. The van der Waals surface area contributed by atoms with Gasteiger partial charge in [-0.25, -0.2) is 13.6 Å². The zero-order chi connectivity index (χ0) is 13.2. The van der Waals surface area contributed by atoms with Gasteiger partial charge < -0.3 is 5.11 Å². The highest BCUT2D eigenvalue weighted by molar-refractivity contribution is 7.99. The lowest BCUT2D eigenvalue weighted by Crippen LogP contribution is -2.11. The van der Waals surface area contributed by atoms with Gasteiger partial charge in [-0.3, -0.25) is 0 Å². The van der Waals surface area contributed by atoms with E-state index in [0.717, 1.165) is 9.79 Å². The smallest absolute Gasteiger partial charge is 0.238 e. The quantitative estimate of drug-likeness (QED) is 0.903. The first kappa shape index (κ1) is 12.9. The second kappa shape index (κ2) is 5.01. The molecule has 0 unspecified atom stereocenters. The van der Waals surface area contributed by atoms with Crippen LogP contribution in [0.3, 0.4) is 0 Å². The van der Waals surface area contributed by atoms with E-state index in [1.807, 2.05) is 0 Å². The third-order valence-electron chi connectivity index (χ3n) is 2.22. The lowest BCUT2D eigenvalue weighted by atomic mass is 10.3. The van der Waals surface area contributed by atoms with E-state index in [-0.39, 0.29) is 10.6 Å². The molecule has 0 aromatic heterocycles. The van der Waals surface area contributed by atoms with Crippen molar-refractivity contribution in [2.75, 3.05) is 0 Å². The van der Waals surface area contributed by atoms with Crippen molar-refractivity contribution in [3.63, 3.8) is 0 Å². The van der Waals surface area contributed by atoms with Gasteiger partial charge in [0.25, 0.3) is 0 Å². The molecule has 0 saturated carbocycles. The number of hydrogen-bond acceptors (Lipinski definition) is 4. The number of phenolic OH excluding ortho intramolecular Hbond substituents is 1. The van der Waals surface area contributed by atoms with Crippen LogP contribution < -0.4 is 5.14 Å². The topological polar surface area (TPSA) is 80.4 Å². The summed E-state index contributed by atoms with van der Waals surface area (Å²) in [5, 5.41) is 14.2.